The van der Waals surface area contributed by atoms with E-state index in [1.807, 2.05) is 24.3 Å². The van der Waals surface area contributed by atoms with E-state index >= 15 is 0 Å². The Bertz CT molecular complexity index is 1400. The van der Waals surface area contributed by atoms with Crippen LogP contribution in [0.1, 0.15) is 5.56 Å². The van der Waals surface area contributed by atoms with Crippen LogP contribution in [-0.2, 0) is 6.61 Å². The van der Waals surface area contributed by atoms with Crippen molar-refractivity contribution in [1.29, 1.82) is 0 Å². The van der Waals surface area contributed by atoms with Crippen molar-refractivity contribution in [3.8, 4) is 22.6 Å². The van der Waals surface area contributed by atoms with Crippen molar-refractivity contribution in [2.24, 2.45) is 0 Å². The summed E-state index contributed by atoms with van der Waals surface area (Å²) in [5.74, 6) is 1.70. The molecule has 0 aliphatic carbocycles. The molecule has 0 atom stereocenters. The summed E-state index contributed by atoms with van der Waals surface area (Å²) in [6.45, 7) is 0.513. The predicted octanol–water partition coefficient (Wildman–Crippen LogP) is 8.85. The van der Waals surface area contributed by atoms with Gasteiger partial charge in [-0.05, 0) is 69.4 Å². The second kappa shape index (κ2) is 10.5. The quantitative estimate of drug-likeness (QED) is 0.181. The van der Waals surface area contributed by atoms with E-state index < -0.39 is 0 Å². The SMILES string of the molecule is COc1cc2c(OCc3ccccc3)cc(I)c(-c3ccccc3)c2cc1Sc1ccccc1. The van der Waals surface area contributed by atoms with Gasteiger partial charge in [0.1, 0.15) is 18.1 Å². The molecule has 34 heavy (non-hydrogen) atoms. The molecule has 5 rings (SSSR count). The standard InChI is InChI=1S/C30H23IO2S/c1-32-28-17-24-25(18-29(28)34-23-15-9-4-10-16-23)30(22-13-7-3-8-14-22)26(31)19-27(24)33-20-21-11-5-2-6-12-21/h2-19H,20H2,1H3. The minimum atomic E-state index is 0.513. The van der Waals surface area contributed by atoms with Crippen LogP contribution < -0.4 is 9.47 Å². The van der Waals surface area contributed by atoms with Gasteiger partial charge in [0.25, 0.3) is 0 Å². The molecule has 0 aliphatic rings. The van der Waals surface area contributed by atoms with Crippen molar-refractivity contribution in [3.05, 3.63) is 118 Å². The van der Waals surface area contributed by atoms with Crippen LogP contribution in [0.4, 0.5) is 0 Å². The van der Waals surface area contributed by atoms with E-state index in [2.05, 4.69) is 108 Å². The maximum absolute atomic E-state index is 6.37. The number of benzene rings is 5. The Morgan fingerprint density at radius 1 is 0.706 bits per heavy atom. The number of rotatable bonds is 7. The van der Waals surface area contributed by atoms with Crippen LogP contribution in [0.15, 0.2) is 119 Å². The second-order valence-corrected chi connectivity index (χ2v) is 10.1. The Kier molecular flexibility index (Phi) is 7.07. The first-order valence-corrected chi connectivity index (χ1v) is 12.9. The van der Waals surface area contributed by atoms with Crippen molar-refractivity contribution in [3.63, 3.8) is 0 Å². The summed E-state index contributed by atoms with van der Waals surface area (Å²) < 4.78 is 13.4. The third-order valence-corrected chi connectivity index (χ3v) is 7.50. The summed E-state index contributed by atoms with van der Waals surface area (Å²) in [6.07, 6.45) is 0. The van der Waals surface area contributed by atoms with E-state index in [1.165, 1.54) is 16.0 Å². The molecule has 168 valence electrons. The van der Waals surface area contributed by atoms with Crippen LogP contribution in [0.3, 0.4) is 0 Å². The van der Waals surface area contributed by atoms with E-state index in [4.69, 9.17) is 9.47 Å². The van der Waals surface area contributed by atoms with Gasteiger partial charge in [0, 0.05) is 19.4 Å². The van der Waals surface area contributed by atoms with Gasteiger partial charge in [-0.25, -0.2) is 0 Å². The predicted molar refractivity (Wildman–Crippen MR) is 150 cm³/mol. The Morgan fingerprint density at radius 2 is 1.35 bits per heavy atom. The van der Waals surface area contributed by atoms with Crippen molar-refractivity contribution in [1.82, 2.24) is 0 Å². The van der Waals surface area contributed by atoms with Crippen LogP contribution in [0.25, 0.3) is 21.9 Å². The number of methoxy groups -OCH3 is 1. The fraction of sp³-hybridized carbons (Fsp3) is 0.0667. The lowest BCUT2D eigenvalue weighted by molar-refractivity contribution is 0.309. The highest BCUT2D eigenvalue weighted by molar-refractivity contribution is 14.1. The van der Waals surface area contributed by atoms with E-state index in [0.717, 1.165) is 36.3 Å². The van der Waals surface area contributed by atoms with Crippen molar-refractivity contribution < 1.29 is 9.47 Å². The zero-order valence-corrected chi connectivity index (χ0v) is 21.7. The third-order valence-electron chi connectivity index (χ3n) is 5.61. The van der Waals surface area contributed by atoms with Gasteiger partial charge in [0.05, 0.1) is 12.0 Å². The molecule has 0 aromatic heterocycles. The molecule has 0 aliphatic heterocycles. The highest BCUT2D eigenvalue weighted by Crippen LogP contribution is 2.45. The normalized spacial score (nSPS) is 10.9. The van der Waals surface area contributed by atoms with Gasteiger partial charge in [-0.15, -0.1) is 0 Å². The summed E-state index contributed by atoms with van der Waals surface area (Å²) >= 11 is 4.14. The van der Waals surface area contributed by atoms with Gasteiger partial charge < -0.3 is 9.47 Å². The Morgan fingerprint density at radius 3 is 2.03 bits per heavy atom. The average Bonchev–Trinajstić information content (AvgIpc) is 2.89. The molecule has 0 saturated heterocycles. The summed E-state index contributed by atoms with van der Waals surface area (Å²) in [6, 6.07) is 37.7. The minimum Gasteiger partial charge on any atom is -0.496 e. The smallest absolute Gasteiger partial charge is 0.133 e. The molecule has 0 spiro atoms. The zero-order valence-electron chi connectivity index (χ0n) is 18.7. The Hall–Kier alpha value is -2.96. The molecule has 0 fully saturated rings. The van der Waals surface area contributed by atoms with Crippen molar-refractivity contribution >= 4 is 45.1 Å². The van der Waals surface area contributed by atoms with Gasteiger partial charge in [-0.1, -0.05) is 90.6 Å². The average molecular weight is 574 g/mol. The van der Waals surface area contributed by atoms with Gasteiger partial charge in [0.2, 0.25) is 0 Å². The fourth-order valence-electron chi connectivity index (χ4n) is 3.97. The van der Waals surface area contributed by atoms with Crippen LogP contribution >= 0.6 is 34.4 Å². The van der Waals surface area contributed by atoms with Crippen molar-refractivity contribution in [2.45, 2.75) is 16.4 Å². The first kappa shape index (κ1) is 22.8. The number of fused-ring (bicyclic) bond motifs is 1. The molecular formula is C30H23IO2S. The van der Waals surface area contributed by atoms with Gasteiger partial charge in [0.15, 0.2) is 0 Å². The molecule has 0 heterocycles. The van der Waals surface area contributed by atoms with Crippen molar-refractivity contribution in [2.75, 3.05) is 7.11 Å². The monoisotopic (exact) mass is 574 g/mol. The highest BCUT2D eigenvalue weighted by atomic mass is 127. The van der Waals surface area contributed by atoms with Gasteiger partial charge in [-0.3, -0.25) is 0 Å². The molecule has 5 aromatic rings. The highest BCUT2D eigenvalue weighted by Gasteiger charge is 2.18. The van der Waals surface area contributed by atoms with Crippen LogP contribution in [0, 0.1) is 3.57 Å². The largest absolute Gasteiger partial charge is 0.496 e. The molecule has 5 aromatic carbocycles. The van der Waals surface area contributed by atoms with E-state index in [1.54, 1.807) is 18.9 Å². The third kappa shape index (κ3) is 4.93. The molecule has 0 N–H and O–H groups in total. The number of hydrogen-bond acceptors (Lipinski definition) is 3. The lowest BCUT2D eigenvalue weighted by atomic mass is 9.97. The first-order valence-electron chi connectivity index (χ1n) is 11.0. The van der Waals surface area contributed by atoms with E-state index in [0.29, 0.717) is 6.61 Å². The van der Waals surface area contributed by atoms with Crippen LogP contribution in [0.5, 0.6) is 11.5 Å². The molecule has 2 nitrogen and oxygen atoms in total. The molecule has 0 amide bonds. The second-order valence-electron chi connectivity index (χ2n) is 7.84. The number of hydrogen-bond donors (Lipinski definition) is 0. The molecule has 0 saturated carbocycles. The molecule has 0 radical (unpaired) electrons. The first-order chi connectivity index (χ1) is 16.7. The maximum Gasteiger partial charge on any atom is 0.133 e. The summed E-state index contributed by atoms with van der Waals surface area (Å²) in [5, 5.41) is 2.20. The lowest BCUT2D eigenvalue weighted by Gasteiger charge is -2.18. The molecular weight excluding hydrogens is 551 g/mol. The van der Waals surface area contributed by atoms with Crippen LogP contribution in [0.2, 0.25) is 0 Å². The van der Waals surface area contributed by atoms with Gasteiger partial charge >= 0.3 is 0 Å². The van der Waals surface area contributed by atoms with Gasteiger partial charge in [-0.2, -0.15) is 0 Å². The molecule has 4 heteroatoms. The number of ether oxygens (including phenoxy) is 2. The Balaban J connectivity index is 1.67. The lowest BCUT2D eigenvalue weighted by Crippen LogP contribution is -1.99. The minimum absolute atomic E-state index is 0.513. The number of halogens is 1. The van der Waals surface area contributed by atoms with E-state index in [-0.39, 0.29) is 0 Å². The Labute approximate surface area is 218 Å². The zero-order chi connectivity index (χ0) is 23.3. The fourth-order valence-corrected chi connectivity index (χ4v) is 5.82. The van der Waals surface area contributed by atoms with E-state index in [9.17, 15) is 0 Å². The summed E-state index contributed by atoms with van der Waals surface area (Å²) in [5.41, 5.74) is 3.54. The van der Waals surface area contributed by atoms with Crippen LogP contribution in [-0.4, -0.2) is 7.11 Å². The summed E-state index contributed by atoms with van der Waals surface area (Å²) in [7, 11) is 1.73. The topological polar surface area (TPSA) is 18.5 Å². The molecule has 0 bridgehead atoms. The molecule has 0 unspecified atom stereocenters. The summed E-state index contributed by atoms with van der Waals surface area (Å²) in [4.78, 5) is 2.25. The maximum atomic E-state index is 6.37.